The minimum Gasteiger partial charge on any atom is -0.497 e. The van der Waals surface area contributed by atoms with Crippen molar-refractivity contribution in [2.45, 2.75) is 12.8 Å². The number of carbonyl (C=O) groups is 2. The van der Waals surface area contributed by atoms with Crippen molar-refractivity contribution in [3.05, 3.63) is 47.5 Å². The molecule has 8 heteroatoms. The molecule has 2 rings (SSSR count). The summed E-state index contributed by atoms with van der Waals surface area (Å²) in [7, 11) is 6.20. The summed E-state index contributed by atoms with van der Waals surface area (Å²) in [6.45, 7) is 0.0570. The molecule has 0 aliphatic carbocycles. The van der Waals surface area contributed by atoms with E-state index in [1.165, 1.54) is 7.11 Å². The number of amides is 1. The van der Waals surface area contributed by atoms with Crippen LogP contribution in [0.15, 0.2) is 36.4 Å². The van der Waals surface area contributed by atoms with Gasteiger partial charge in [0, 0.05) is 18.2 Å². The van der Waals surface area contributed by atoms with Crippen molar-refractivity contribution >= 4 is 11.9 Å². The Morgan fingerprint density at radius 3 is 2.23 bits per heavy atom. The molecular weight excluding hydrogens is 390 g/mol. The van der Waals surface area contributed by atoms with Gasteiger partial charge in [-0.05, 0) is 30.2 Å². The second kappa shape index (κ2) is 11.5. The lowest BCUT2D eigenvalue weighted by molar-refractivity contribution is -0.147. The fraction of sp³-hybridized carbons (Fsp3) is 0.364. The zero-order valence-corrected chi connectivity index (χ0v) is 17.7. The Balaban J connectivity index is 1.76. The van der Waals surface area contributed by atoms with E-state index >= 15 is 0 Å². The van der Waals surface area contributed by atoms with Crippen LogP contribution >= 0.6 is 0 Å². The summed E-state index contributed by atoms with van der Waals surface area (Å²) in [5, 5.41) is 2.72. The number of ether oxygens (including phenoxy) is 5. The van der Waals surface area contributed by atoms with E-state index in [1.54, 1.807) is 39.5 Å². The molecule has 1 N–H and O–H groups in total. The predicted molar refractivity (Wildman–Crippen MR) is 110 cm³/mol. The molecule has 0 spiro atoms. The lowest BCUT2D eigenvalue weighted by Crippen LogP contribution is -2.30. The summed E-state index contributed by atoms with van der Waals surface area (Å²) in [5.41, 5.74) is 1.63. The highest BCUT2D eigenvalue weighted by molar-refractivity contribution is 5.81. The van der Waals surface area contributed by atoms with Gasteiger partial charge < -0.3 is 29.0 Å². The van der Waals surface area contributed by atoms with Crippen LogP contribution in [0.25, 0.3) is 0 Å². The van der Waals surface area contributed by atoms with Gasteiger partial charge >= 0.3 is 5.97 Å². The third-order valence-electron chi connectivity index (χ3n) is 4.38. The quantitative estimate of drug-likeness (QED) is 0.560. The minimum atomic E-state index is -0.520. The van der Waals surface area contributed by atoms with E-state index in [0.717, 1.165) is 5.56 Å². The number of carbonyl (C=O) groups excluding carboxylic acids is 2. The number of methoxy groups -OCH3 is 4. The number of rotatable bonds is 11. The maximum absolute atomic E-state index is 12.1. The monoisotopic (exact) mass is 417 g/mol. The molecule has 0 radical (unpaired) electrons. The van der Waals surface area contributed by atoms with E-state index in [0.29, 0.717) is 41.5 Å². The first kappa shape index (κ1) is 22.9. The molecule has 0 saturated heterocycles. The molecule has 0 unspecified atom stereocenters. The standard InChI is InChI=1S/C22H27NO7/c1-26-17-7-6-16(19(13-17)28-3)12-22(25)30-14-21(24)23-10-9-15-5-8-18(27-2)20(11-15)29-4/h5-8,11,13H,9-10,12,14H2,1-4H3,(H,23,24). The van der Waals surface area contributed by atoms with Crippen LogP contribution in [0.4, 0.5) is 0 Å². The maximum Gasteiger partial charge on any atom is 0.310 e. The van der Waals surface area contributed by atoms with Gasteiger partial charge in [0.05, 0.1) is 34.9 Å². The summed E-state index contributed by atoms with van der Waals surface area (Å²) in [6, 6.07) is 10.7. The zero-order chi connectivity index (χ0) is 21.9. The average molecular weight is 417 g/mol. The third-order valence-corrected chi connectivity index (χ3v) is 4.38. The highest BCUT2D eigenvalue weighted by Crippen LogP contribution is 2.27. The Kier molecular flexibility index (Phi) is 8.80. The van der Waals surface area contributed by atoms with Crippen molar-refractivity contribution in [1.29, 1.82) is 0 Å². The molecule has 0 saturated carbocycles. The van der Waals surface area contributed by atoms with Crippen molar-refractivity contribution in [2.24, 2.45) is 0 Å². The Hall–Kier alpha value is -3.42. The number of benzene rings is 2. The van der Waals surface area contributed by atoms with Crippen LogP contribution in [0.1, 0.15) is 11.1 Å². The fourth-order valence-electron chi connectivity index (χ4n) is 2.78. The normalized spacial score (nSPS) is 10.1. The van der Waals surface area contributed by atoms with Crippen molar-refractivity contribution in [3.63, 3.8) is 0 Å². The van der Waals surface area contributed by atoms with Gasteiger partial charge in [-0.15, -0.1) is 0 Å². The Morgan fingerprint density at radius 2 is 1.57 bits per heavy atom. The number of hydrogen-bond donors (Lipinski definition) is 1. The van der Waals surface area contributed by atoms with E-state index in [-0.39, 0.29) is 18.9 Å². The lowest BCUT2D eigenvalue weighted by atomic mass is 10.1. The first-order valence-corrected chi connectivity index (χ1v) is 9.34. The Morgan fingerprint density at radius 1 is 0.833 bits per heavy atom. The largest absolute Gasteiger partial charge is 0.497 e. The molecular formula is C22H27NO7. The van der Waals surface area contributed by atoms with Crippen LogP contribution in [0, 0.1) is 0 Å². The molecule has 2 aromatic carbocycles. The van der Waals surface area contributed by atoms with E-state index in [4.69, 9.17) is 23.7 Å². The molecule has 0 atom stereocenters. The second-order valence-corrected chi connectivity index (χ2v) is 6.30. The smallest absolute Gasteiger partial charge is 0.310 e. The first-order valence-electron chi connectivity index (χ1n) is 9.34. The van der Waals surface area contributed by atoms with Crippen molar-refractivity contribution in [1.82, 2.24) is 5.32 Å². The number of esters is 1. The van der Waals surface area contributed by atoms with Gasteiger partial charge in [0.2, 0.25) is 0 Å². The molecule has 0 aliphatic rings. The minimum absolute atomic E-state index is 0.00785. The first-order chi connectivity index (χ1) is 14.5. The Labute approximate surface area is 176 Å². The van der Waals surface area contributed by atoms with Gasteiger partial charge in [-0.1, -0.05) is 12.1 Å². The fourth-order valence-corrected chi connectivity index (χ4v) is 2.78. The van der Waals surface area contributed by atoms with Crippen LogP contribution < -0.4 is 24.3 Å². The van der Waals surface area contributed by atoms with Crippen LogP contribution in [0.2, 0.25) is 0 Å². The van der Waals surface area contributed by atoms with Gasteiger partial charge in [0.25, 0.3) is 5.91 Å². The molecule has 0 heterocycles. The van der Waals surface area contributed by atoms with Crippen molar-refractivity contribution in [3.8, 4) is 23.0 Å². The molecule has 1 amide bonds. The van der Waals surface area contributed by atoms with E-state index in [2.05, 4.69) is 5.32 Å². The van der Waals surface area contributed by atoms with Gasteiger partial charge in [-0.3, -0.25) is 9.59 Å². The SMILES string of the molecule is COc1ccc(CC(=O)OCC(=O)NCCc2ccc(OC)c(OC)c2)c(OC)c1. The molecule has 162 valence electrons. The average Bonchev–Trinajstić information content (AvgIpc) is 2.77. The number of nitrogens with one attached hydrogen (secondary N) is 1. The third kappa shape index (κ3) is 6.58. The van der Waals surface area contributed by atoms with Gasteiger partial charge in [0.1, 0.15) is 11.5 Å². The van der Waals surface area contributed by atoms with Crippen LogP contribution in [0.3, 0.4) is 0 Å². The van der Waals surface area contributed by atoms with E-state index < -0.39 is 5.97 Å². The lowest BCUT2D eigenvalue weighted by Gasteiger charge is -2.11. The summed E-state index contributed by atoms with van der Waals surface area (Å²) in [4.78, 5) is 24.0. The highest BCUT2D eigenvalue weighted by Gasteiger charge is 2.13. The summed E-state index contributed by atoms with van der Waals surface area (Å²) in [6.07, 6.45) is 0.592. The molecule has 0 bridgehead atoms. The summed E-state index contributed by atoms with van der Waals surface area (Å²) < 4.78 is 25.9. The molecule has 0 aromatic heterocycles. The van der Waals surface area contributed by atoms with Crippen molar-refractivity contribution < 1.29 is 33.3 Å². The maximum atomic E-state index is 12.1. The van der Waals surface area contributed by atoms with Crippen LogP contribution in [0.5, 0.6) is 23.0 Å². The number of hydrogen-bond acceptors (Lipinski definition) is 7. The topological polar surface area (TPSA) is 92.3 Å². The molecule has 0 fully saturated rings. The molecule has 30 heavy (non-hydrogen) atoms. The van der Waals surface area contributed by atoms with Gasteiger partial charge in [0.15, 0.2) is 18.1 Å². The van der Waals surface area contributed by atoms with E-state index in [9.17, 15) is 9.59 Å². The molecule has 8 nitrogen and oxygen atoms in total. The summed E-state index contributed by atoms with van der Waals surface area (Å²) in [5.74, 6) is 1.53. The van der Waals surface area contributed by atoms with Gasteiger partial charge in [-0.25, -0.2) is 0 Å². The zero-order valence-electron chi connectivity index (χ0n) is 17.7. The Bertz CT molecular complexity index is 867. The van der Waals surface area contributed by atoms with Gasteiger partial charge in [-0.2, -0.15) is 0 Å². The van der Waals surface area contributed by atoms with Crippen LogP contribution in [-0.2, 0) is 27.2 Å². The van der Waals surface area contributed by atoms with Crippen molar-refractivity contribution in [2.75, 3.05) is 41.6 Å². The molecule has 0 aliphatic heterocycles. The van der Waals surface area contributed by atoms with Crippen LogP contribution in [-0.4, -0.2) is 53.5 Å². The molecule has 2 aromatic rings. The second-order valence-electron chi connectivity index (χ2n) is 6.30. The highest BCUT2D eigenvalue weighted by atomic mass is 16.5. The van der Waals surface area contributed by atoms with E-state index in [1.807, 2.05) is 18.2 Å². The predicted octanol–water partition coefficient (Wildman–Crippen LogP) is 2.17. The summed E-state index contributed by atoms with van der Waals surface area (Å²) >= 11 is 0.